The molecule has 0 unspecified atom stereocenters. The van der Waals surface area contributed by atoms with Crippen LogP contribution in [0, 0.1) is 0 Å². The van der Waals surface area contributed by atoms with Crippen LogP contribution in [0.2, 0.25) is 0 Å². The molecule has 0 saturated carbocycles. The van der Waals surface area contributed by atoms with E-state index in [0.717, 1.165) is 4.47 Å². The van der Waals surface area contributed by atoms with E-state index in [1.165, 1.54) is 0 Å². The molecule has 96 valence electrons. The Balaban J connectivity index is 1.82. The summed E-state index contributed by atoms with van der Waals surface area (Å²) in [5.41, 5.74) is 1.25. The molecule has 1 amide bonds. The van der Waals surface area contributed by atoms with Crippen LogP contribution in [0.15, 0.2) is 46.9 Å². The molecule has 4 nitrogen and oxygen atoms in total. The Labute approximate surface area is 118 Å². The lowest BCUT2D eigenvalue weighted by Gasteiger charge is -2.07. The molecule has 0 bridgehead atoms. The summed E-state index contributed by atoms with van der Waals surface area (Å²) in [6.45, 7) is 0.219. The minimum absolute atomic E-state index is 0.175. The number of anilines is 1. The van der Waals surface area contributed by atoms with E-state index in [1.54, 1.807) is 24.3 Å². The van der Waals surface area contributed by atoms with Crippen molar-refractivity contribution in [1.29, 1.82) is 0 Å². The first kappa shape index (κ1) is 12.0. The Hall–Kier alpha value is -2.01. The summed E-state index contributed by atoms with van der Waals surface area (Å²) in [4.78, 5) is 12.1. The number of hydrogen-bond donors (Lipinski definition) is 1. The third-order valence-electron chi connectivity index (χ3n) is 2.75. The average Bonchev–Trinajstić information content (AvgIpc) is 2.86. The first-order valence-corrected chi connectivity index (χ1v) is 6.49. The fourth-order valence-electron chi connectivity index (χ4n) is 1.82. The fraction of sp³-hybridized carbons (Fsp3) is 0.0714. The topological polar surface area (TPSA) is 47.6 Å². The Morgan fingerprint density at radius 3 is 2.74 bits per heavy atom. The van der Waals surface area contributed by atoms with Gasteiger partial charge in [-0.05, 0) is 40.2 Å². The summed E-state index contributed by atoms with van der Waals surface area (Å²) in [6, 6.07) is 12.6. The standard InChI is InChI=1S/C14H10BrNO3/c15-11-4-2-1-3-10(11)14(17)16-9-5-6-12-13(7-9)19-8-18-12/h1-7H,8H2,(H,16,17). The van der Waals surface area contributed by atoms with E-state index in [0.29, 0.717) is 22.7 Å². The number of nitrogens with one attached hydrogen (secondary N) is 1. The Bertz CT molecular complexity index is 642. The first-order chi connectivity index (χ1) is 9.24. The van der Waals surface area contributed by atoms with Crippen LogP contribution in [0.5, 0.6) is 11.5 Å². The van der Waals surface area contributed by atoms with Gasteiger partial charge in [0.15, 0.2) is 11.5 Å². The lowest BCUT2D eigenvalue weighted by molar-refractivity contribution is 0.102. The number of rotatable bonds is 2. The quantitative estimate of drug-likeness (QED) is 0.922. The van der Waals surface area contributed by atoms with Crippen molar-refractivity contribution < 1.29 is 14.3 Å². The molecule has 1 N–H and O–H groups in total. The predicted molar refractivity (Wildman–Crippen MR) is 74.7 cm³/mol. The van der Waals surface area contributed by atoms with E-state index in [4.69, 9.17) is 9.47 Å². The number of ether oxygens (including phenoxy) is 2. The smallest absolute Gasteiger partial charge is 0.256 e. The van der Waals surface area contributed by atoms with Crippen molar-refractivity contribution >= 4 is 27.5 Å². The summed E-state index contributed by atoms with van der Waals surface area (Å²) in [6.07, 6.45) is 0. The van der Waals surface area contributed by atoms with Gasteiger partial charge < -0.3 is 14.8 Å². The highest BCUT2D eigenvalue weighted by Gasteiger charge is 2.15. The molecule has 2 aromatic rings. The third-order valence-corrected chi connectivity index (χ3v) is 3.44. The van der Waals surface area contributed by atoms with E-state index in [9.17, 15) is 4.79 Å². The van der Waals surface area contributed by atoms with Crippen molar-refractivity contribution in [3.8, 4) is 11.5 Å². The van der Waals surface area contributed by atoms with Gasteiger partial charge in [-0.2, -0.15) is 0 Å². The largest absolute Gasteiger partial charge is 0.454 e. The van der Waals surface area contributed by atoms with Gasteiger partial charge in [-0.25, -0.2) is 0 Å². The SMILES string of the molecule is O=C(Nc1ccc2c(c1)OCO2)c1ccccc1Br. The maximum Gasteiger partial charge on any atom is 0.256 e. The third kappa shape index (κ3) is 2.42. The molecule has 0 aliphatic carbocycles. The average molecular weight is 320 g/mol. The van der Waals surface area contributed by atoms with Gasteiger partial charge in [0, 0.05) is 16.2 Å². The minimum Gasteiger partial charge on any atom is -0.454 e. The summed E-state index contributed by atoms with van der Waals surface area (Å²) in [5, 5.41) is 2.82. The number of hydrogen-bond acceptors (Lipinski definition) is 3. The fourth-order valence-corrected chi connectivity index (χ4v) is 2.28. The summed E-state index contributed by atoms with van der Waals surface area (Å²) >= 11 is 3.35. The summed E-state index contributed by atoms with van der Waals surface area (Å²) in [5.74, 6) is 1.16. The normalized spacial score (nSPS) is 12.3. The molecule has 1 heterocycles. The number of fused-ring (bicyclic) bond motifs is 1. The Morgan fingerprint density at radius 1 is 1.11 bits per heavy atom. The van der Waals surface area contributed by atoms with Crippen LogP contribution in [0.3, 0.4) is 0 Å². The van der Waals surface area contributed by atoms with Crippen molar-refractivity contribution in [3.63, 3.8) is 0 Å². The highest BCUT2D eigenvalue weighted by Crippen LogP contribution is 2.34. The van der Waals surface area contributed by atoms with Crippen LogP contribution in [0.25, 0.3) is 0 Å². The Kier molecular flexibility index (Phi) is 3.13. The van der Waals surface area contributed by atoms with Gasteiger partial charge in [0.05, 0.1) is 5.56 Å². The molecule has 3 rings (SSSR count). The van der Waals surface area contributed by atoms with Gasteiger partial charge in [-0.3, -0.25) is 4.79 Å². The van der Waals surface area contributed by atoms with E-state index >= 15 is 0 Å². The van der Waals surface area contributed by atoms with Crippen molar-refractivity contribution in [2.45, 2.75) is 0 Å². The molecule has 2 aromatic carbocycles. The molecule has 0 aromatic heterocycles. The predicted octanol–water partition coefficient (Wildman–Crippen LogP) is 3.43. The van der Waals surface area contributed by atoms with Gasteiger partial charge >= 0.3 is 0 Å². The second-order valence-corrected chi connectivity index (χ2v) is 4.86. The molecule has 0 radical (unpaired) electrons. The van der Waals surface area contributed by atoms with Crippen molar-refractivity contribution in [2.24, 2.45) is 0 Å². The van der Waals surface area contributed by atoms with Crippen LogP contribution >= 0.6 is 15.9 Å². The van der Waals surface area contributed by atoms with Crippen LogP contribution in [0.4, 0.5) is 5.69 Å². The molecule has 1 aliphatic rings. The van der Waals surface area contributed by atoms with Crippen LogP contribution in [-0.4, -0.2) is 12.7 Å². The lowest BCUT2D eigenvalue weighted by Crippen LogP contribution is -2.12. The molecule has 19 heavy (non-hydrogen) atoms. The maximum atomic E-state index is 12.1. The van der Waals surface area contributed by atoms with Gasteiger partial charge in [-0.1, -0.05) is 12.1 Å². The molecular formula is C14H10BrNO3. The van der Waals surface area contributed by atoms with Gasteiger partial charge in [-0.15, -0.1) is 0 Å². The van der Waals surface area contributed by atoms with Crippen LogP contribution in [-0.2, 0) is 0 Å². The van der Waals surface area contributed by atoms with Crippen LogP contribution in [0.1, 0.15) is 10.4 Å². The van der Waals surface area contributed by atoms with Gasteiger partial charge in [0.25, 0.3) is 5.91 Å². The van der Waals surface area contributed by atoms with Crippen molar-refractivity contribution in [2.75, 3.05) is 12.1 Å². The molecular weight excluding hydrogens is 310 g/mol. The zero-order valence-corrected chi connectivity index (χ0v) is 11.4. The highest BCUT2D eigenvalue weighted by molar-refractivity contribution is 9.10. The molecule has 0 spiro atoms. The van der Waals surface area contributed by atoms with Gasteiger partial charge in [0.1, 0.15) is 0 Å². The monoisotopic (exact) mass is 319 g/mol. The molecule has 0 saturated heterocycles. The zero-order valence-electron chi connectivity index (χ0n) is 9.85. The summed E-state index contributed by atoms with van der Waals surface area (Å²) < 4.78 is 11.2. The molecule has 1 aliphatic heterocycles. The van der Waals surface area contributed by atoms with Crippen molar-refractivity contribution in [3.05, 3.63) is 52.5 Å². The second kappa shape index (κ2) is 4.93. The number of carbonyl (C=O) groups excluding carboxylic acids is 1. The van der Waals surface area contributed by atoms with Crippen LogP contribution < -0.4 is 14.8 Å². The number of amides is 1. The van der Waals surface area contributed by atoms with Gasteiger partial charge in [0.2, 0.25) is 6.79 Å². The maximum absolute atomic E-state index is 12.1. The minimum atomic E-state index is -0.175. The number of benzene rings is 2. The first-order valence-electron chi connectivity index (χ1n) is 5.69. The number of halogens is 1. The molecule has 0 atom stereocenters. The second-order valence-electron chi connectivity index (χ2n) is 4.00. The van der Waals surface area contributed by atoms with E-state index in [1.807, 2.05) is 18.2 Å². The molecule has 0 fully saturated rings. The van der Waals surface area contributed by atoms with E-state index < -0.39 is 0 Å². The van der Waals surface area contributed by atoms with Crippen molar-refractivity contribution in [1.82, 2.24) is 0 Å². The van der Waals surface area contributed by atoms with E-state index in [2.05, 4.69) is 21.2 Å². The highest BCUT2D eigenvalue weighted by atomic mass is 79.9. The lowest BCUT2D eigenvalue weighted by atomic mass is 10.2. The molecule has 5 heteroatoms. The van der Waals surface area contributed by atoms with E-state index in [-0.39, 0.29) is 12.7 Å². The number of carbonyl (C=O) groups is 1. The zero-order chi connectivity index (χ0) is 13.2. The summed E-state index contributed by atoms with van der Waals surface area (Å²) in [7, 11) is 0. The Morgan fingerprint density at radius 2 is 1.89 bits per heavy atom.